The minimum Gasteiger partial charge on any atom is -0.395 e. The van der Waals surface area contributed by atoms with Gasteiger partial charge in [-0.3, -0.25) is 9.69 Å². The van der Waals surface area contributed by atoms with Gasteiger partial charge in [-0.2, -0.15) is 0 Å². The van der Waals surface area contributed by atoms with E-state index in [1.165, 1.54) is 5.56 Å². The van der Waals surface area contributed by atoms with Crippen molar-refractivity contribution in [3.63, 3.8) is 0 Å². The first-order valence-corrected chi connectivity index (χ1v) is 8.53. The number of aliphatic hydroxyl groups is 1. The van der Waals surface area contributed by atoms with Crippen molar-refractivity contribution in [2.75, 3.05) is 38.3 Å². The lowest BCUT2D eigenvalue weighted by molar-refractivity contribution is -0.126. The molecule has 3 atom stereocenters. The molecule has 1 aromatic rings. The number of amides is 1. The number of para-hydroxylation sites is 1. The Bertz CT molecular complexity index is 600. The Labute approximate surface area is 136 Å². The molecule has 5 nitrogen and oxygen atoms in total. The molecule has 2 saturated heterocycles. The molecule has 4 rings (SSSR count). The second kappa shape index (κ2) is 5.89. The first kappa shape index (κ1) is 15.1. The molecule has 3 heterocycles. The Morgan fingerprint density at radius 1 is 1.30 bits per heavy atom. The molecular weight excluding hydrogens is 292 g/mol. The van der Waals surface area contributed by atoms with E-state index in [0.29, 0.717) is 25.2 Å². The average Bonchev–Trinajstić information content (AvgIpc) is 2.61. The van der Waals surface area contributed by atoms with Crippen LogP contribution in [0, 0.1) is 5.92 Å². The predicted octanol–water partition coefficient (Wildman–Crippen LogP) is 1.22. The Kier molecular flexibility index (Phi) is 3.87. The number of ether oxygens (including phenoxy) is 1. The number of carbonyl (C=O) groups excluding carboxylic acids is 1. The molecule has 23 heavy (non-hydrogen) atoms. The minimum atomic E-state index is 0.0763. The summed E-state index contributed by atoms with van der Waals surface area (Å²) >= 11 is 0. The number of hydrogen-bond acceptors (Lipinski definition) is 4. The van der Waals surface area contributed by atoms with Gasteiger partial charge in [0.2, 0.25) is 5.91 Å². The molecule has 0 spiro atoms. The van der Waals surface area contributed by atoms with Gasteiger partial charge in [0.15, 0.2) is 0 Å². The van der Waals surface area contributed by atoms with Crippen LogP contribution in [0.15, 0.2) is 24.3 Å². The second-order valence-corrected chi connectivity index (χ2v) is 6.90. The van der Waals surface area contributed by atoms with Crippen molar-refractivity contribution >= 4 is 11.6 Å². The van der Waals surface area contributed by atoms with Crippen LogP contribution in [-0.4, -0.2) is 61.4 Å². The van der Waals surface area contributed by atoms with E-state index in [1.54, 1.807) is 0 Å². The van der Waals surface area contributed by atoms with Gasteiger partial charge in [0, 0.05) is 49.4 Å². The minimum absolute atomic E-state index is 0.0763. The lowest BCUT2D eigenvalue weighted by Gasteiger charge is -2.58. The van der Waals surface area contributed by atoms with E-state index >= 15 is 0 Å². The molecule has 0 aliphatic carbocycles. The molecule has 0 bridgehead atoms. The number of fused-ring (bicyclic) bond motifs is 3. The number of carbonyl (C=O) groups is 1. The first-order valence-electron chi connectivity index (χ1n) is 8.53. The van der Waals surface area contributed by atoms with Crippen LogP contribution in [0.3, 0.4) is 0 Å². The number of likely N-dealkylation sites (tertiary alicyclic amines) is 1. The summed E-state index contributed by atoms with van der Waals surface area (Å²) in [6.07, 6.45) is 1.64. The zero-order valence-electron chi connectivity index (χ0n) is 13.5. The summed E-state index contributed by atoms with van der Waals surface area (Å²) in [6, 6.07) is 8.68. The van der Waals surface area contributed by atoms with E-state index in [0.717, 1.165) is 25.1 Å². The lowest BCUT2D eigenvalue weighted by atomic mass is 9.72. The molecule has 1 N–H and O–H groups in total. The summed E-state index contributed by atoms with van der Waals surface area (Å²) in [7, 11) is 2.05. The Morgan fingerprint density at radius 3 is 2.78 bits per heavy atom. The second-order valence-electron chi connectivity index (χ2n) is 6.90. The quantitative estimate of drug-likeness (QED) is 0.891. The summed E-state index contributed by atoms with van der Waals surface area (Å²) in [6.45, 7) is 2.26. The van der Waals surface area contributed by atoms with E-state index in [-0.39, 0.29) is 24.5 Å². The predicted molar refractivity (Wildman–Crippen MR) is 87.5 cm³/mol. The monoisotopic (exact) mass is 316 g/mol. The number of rotatable bonds is 2. The summed E-state index contributed by atoms with van der Waals surface area (Å²) in [5.41, 5.74) is 2.25. The highest BCUT2D eigenvalue weighted by molar-refractivity contribution is 5.96. The number of benzene rings is 1. The zero-order valence-corrected chi connectivity index (χ0v) is 13.5. The maximum atomic E-state index is 13.1. The van der Waals surface area contributed by atoms with Gasteiger partial charge in [-0.1, -0.05) is 18.2 Å². The highest BCUT2D eigenvalue weighted by atomic mass is 16.5. The van der Waals surface area contributed by atoms with Gasteiger partial charge in [0.05, 0.1) is 6.61 Å². The van der Waals surface area contributed by atoms with Crippen LogP contribution in [0.2, 0.25) is 0 Å². The Balaban J connectivity index is 1.66. The van der Waals surface area contributed by atoms with Gasteiger partial charge < -0.3 is 14.7 Å². The van der Waals surface area contributed by atoms with Crippen molar-refractivity contribution in [1.29, 1.82) is 0 Å². The van der Waals surface area contributed by atoms with Crippen LogP contribution < -0.4 is 4.90 Å². The molecule has 0 unspecified atom stereocenters. The first-order chi connectivity index (χ1) is 11.2. The molecule has 1 aromatic carbocycles. The molecule has 1 amide bonds. The third-order valence-electron chi connectivity index (χ3n) is 5.86. The fourth-order valence-corrected chi connectivity index (χ4v) is 4.48. The summed E-state index contributed by atoms with van der Waals surface area (Å²) in [4.78, 5) is 17.2. The van der Waals surface area contributed by atoms with Crippen molar-refractivity contribution < 1.29 is 14.6 Å². The number of aliphatic hydroxyl groups excluding tert-OH is 1. The van der Waals surface area contributed by atoms with Crippen molar-refractivity contribution in [1.82, 2.24) is 4.90 Å². The largest absolute Gasteiger partial charge is 0.395 e. The maximum Gasteiger partial charge on any atom is 0.230 e. The average molecular weight is 316 g/mol. The number of nitrogens with zero attached hydrogens (tertiary/aromatic N) is 2. The van der Waals surface area contributed by atoms with Crippen LogP contribution in [0.1, 0.15) is 24.3 Å². The molecule has 3 aliphatic heterocycles. The van der Waals surface area contributed by atoms with Gasteiger partial charge >= 0.3 is 0 Å². The van der Waals surface area contributed by atoms with E-state index in [2.05, 4.69) is 17.0 Å². The SMILES string of the molecule is CN1[C@@H]2CN(C(=O)C3CCOCC3)c3ccccc3[C@@H]2[C@@H]1CO. The van der Waals surface area contributed by atoms with Gasteiger partial charge in [0.1, 0.15) is 0 Å². The van der Waals surface area contributed by atoms with Crippen LogP contribution in [0.5, 0.6) is 0 Å². The Hall–Kier alpha value is -1.43. The van der Waals surface area contributed by atoms with Crippen molar-refractivity contribution in [3.8, 4) is 0 Å². The van der Waals surface area contributed by atoms with Gasteiger partial charge in [-0.15, -0.1) is 0 Å². The van der Waals surface area contributed by atoms with Gasteiger partial charge in [-0.25, -0.2) is 0 Å². The highest BCUT2D eigenvalue weighted by Gasteiger charge is 2.51. The molecule has 2 fully saturated rings. The van der Waals surface area contributed by atoms with E-state index in [4.69, 9.17) is 4.74 Å². The summed E-state index contributed by atoms with van der Waals surface area (Å²) < 4.78 is 5.39. The molecule has 3 aliphatic rings. The molecule has 5 heteroatoms. The number of likely N-dealkylation sites (N-methyl/N-ethyl adjacent to an activating group) is 1. The van der Waals surface area contributed by atoms with E-state index in [1.807, 2.05) is 24.1 Å². The molecule has 0 aromatic heterocycles. The highest BCUT2D eigenvalue weighted by Crippen LogP contribution is 2.47. The van der Waals surface area contributed by atoms with Crippen LogP contribution in [0.25, 0.3) is 0 Å². The van der Waals surface area contributed by atoms with Crippen LogP contribution in [-0.2, 0) is 9.53 Å². The van der Waals surface area contributed by atoms with Gasteiger partial charge in [0.25, 0.3) is 0 Å². The fourth-order valence-electron chi connectivity index (χ4n) is 4.48. The van der Waals surface area contributed by atoms with Crippen LogP contribution >= 0.6 is 0 Å². The topological polar surface area (TPSA) is 53.0 Å². The standard InChI is InChI=1S/C18H24N2O3/c1-19-15-10-20(18(22)12-6-8-23-9-7-12)14-5-3-2-4-13(14)17(15)16(19)11-21/h2-5,12,15-17,21H,6-11H2,1H3/t15-,16+,17+/m1/s1. The maximum absolute atomic E-state index is 13.1. The molecule has 0 radical (unpaired) electrons. The van der Waals surface area contributed by atoms with Crippen LogP contribution in [0.4, 0.5) is 5.69 Å². The van der Waals surface area contributed by atoms with E-state index < -0.39 is 0 Å². The summed E-state index contributed by atoms with van der Waals surface area (Å²) in [5, 5.41) is 9.66. The van der Waals surface area contributed by atoms with Crippen molar-refractivity contribution in [2.24, 2.45) is 5.92 Å². The van der Waals surface area contributed by atoms with Crippen molar-refractivity contribution in [3.05, 3.63) is 29.8 Å². The number of anilines is 1. The lowest BCUT2D eigenvalue weighted by Crippen LogP contribution is -2.68. The molecule has 124 valence electrons. The normalized spacial score (nSPS) is 31.2. The Morgan fingerprint density at radius 2 is 2.04 bits per heavy atom. The zero-order chi connectivity index (χ0) is 16.0. The van der Waals surface area contributed by atoms with Crippen molar-refractivity contribution in [2.45, 2.75) is 30.8 Å². The molecule has 0 saturated carbocycles. The van der Waals surface area contributed by atoms with E-state index in [9.17, 15) is 9.90 Å². The smallest absolute Gasteiger partial charge is 0.230 e. The fraction of sp³-hybridized carbons (Fsp3) is 0.611. The third-order valence-corrected chi connectivity index (χ3v) is 5.86. The van der Waals surface area contributed by atoms with Gasteiger partial charge in [-0.05, 0) is 31.5 Å². The summed E-state index contributed by atoms with van der Waals surface area (Å²) in [5.74, 6) is 0.646. The third kappa shape index (κ3) is 2.30. The molecular formula is C18H24N2O3. The number of hydrogen-bond donors (Lipinski definition) is 1.